The Labute approximate surface area is 274 Å². The minimum Gasteiger partial charge on any atom is -0.479 e. The molecule has 0 aromatic carbocycles. The second-order valence-corrected chi connectivity index (χ2v) is 15.2. The summed E-state index contributed by atoms with van der Waals surface area (Å²) in [6.07, 6.45) is 9.50. The van der Waals surface area contributed by atoms with Crippen LogP contribution in [0.5, 0.6) is 0 Å². The summed E-state index contributed by atoms with van der Waals surface area (Å²) >= 11 is 12.8. The zero-order valence-electron chi connectivity index (χ0n) is 26.2. The molecule has 2 aliphatic carbocycles. The summed E-state index contributed by atoms with van der Waals surface area (Å²) < 4.78 is 5.46. The molecule has 0 radical (unpaired) electrons. The second kappa shape index (κ2) is 13.9. The number of alkyl carbamates (subject to hydrolysis) is 1. The highest BCUT2D eigenvalue weighted by Gasteiger charge is 2.61. The van der Waals surface area contributed by atoms with E-state index in [-0.39, 0.29) is 47.8 Å². The van der Waals surface area contributed by atoms with Gasteiger partial charge < -0.3 is 25.4 Å². The molecule has 9 atom stereocenters. The molecule has 0 aromatic heterocycles. The predicted octanol–water partition coefficient (Wildman–Crippen LogP) is 2.50. The summed E-state index contributed by atoms with van der Waals surface area (Å²) in [6, 6.07) is -2.19. The first-order valence-electron chi connectivity index (χ1n) is 16.1. The highest BCUT2D eigenvalue weighted by atomic mass is 35.5. The fourth-order valence-electron chi connectivity index (χ4n) is 6.90. The number of hydrogen-bond acceptors (Lipinski definition) is 9. The summed E-state index contributed by atoms with van der Waals surface area (Å²) in [4.78, 5) is 54.7. The molecule has 6 N–H and O–H groups in total. The number of ether oxygens (including phenoxy) is 1. The van der Waals surface area contributed by atoms with E-state index < -0.39 is 47.1 Å². The molecule has 15 heteroatoms. The van der Waals surface area contributed by atoms with Crippen LogP contribution in [-0.4, -0.2) is 91.7 Å². The molecule has 4 unspecified atom stereocenters. The quantitative estimate of drug-likeness (QED) is 0.193. The van der Waals surface area contributed by atoms with Crippen LogP contribution in [0.4, 0.5) is 4.79 Å². The van der Waals surface area contributed by atoms with Gasteiger partial charge in [0.15, 0.2) is 0 Å². The number of hydrazine groups is 3. The molecule has 3 heterocycles. The van der Waals surface area contributed by atoms with E-state index in [1.54, 1.807) is 25.9 Å². The van der Waals surface area contributed by atoms with E-state index in [9.17, 15) is 24.3 Å². The number of carbonyl (C=O) groups is 4. The monoisotopic (exact) mass is 671 g/mol. The normalized spacial score (nSPS) is 39.1. The first-order valence-corrected chi connectivity index (χ1v) is 17.0. The molecule has 5 rings (SSSR count). The van der Waals surface area contributed by atoms with Gasteiger partial charge in [-0.05, 0) is 78.1 Å². The molecule has 4 fully saturated rings. The highest BCUT2D eigenvalue weighted by molar-refractivity contribution is 6.30. The maximum Gasteiger partial charge on any atom is 0.408 e. The SMILES string of the molecule is CC(C)(C)OC(=O)N[C@H]1CCCCC/C=C\[C@@H]2C[C@@]2(C(=O)O)NC(=O)[C@@H]2C[C@@H](N3NNC(C4CCC(Cl)C(Cl)C4)N3)CN2C1=O. The number of nitrogens with zero attached hydrogens (tertiary/aromatic N) is 2. The molecular weight excluding hydrogens is 625 g/mol. The Balaban J connectivity index is 1.36. The zero-order chi connectivity index (χ0) is 32.5. The van der Waals surface area contributed by atoms with Gasteiger partial charge >= 0.3 is 12.1 Å². The van der Waals surface area contributed by atoms with Gasteiger partial charge in [0, 0.05) is 17.8 Å². The van der Waals surface area contributed by atoms with Crippen LogP contribution in [0.2, 0.25) is 0 Å². The number of rotatable bonds is 4. The van der Waals surface area contributed by atoms with Crippen molar-refractivity contribution in [2.24, 2.45) is 11.8 Å². The van der Waals surface area contributed by atoms with Gasteiger partial charge in [-0.15, -0.1) is 23.2 Å². The average molecular weight is 673 g/mol. The lowest BCUT2D eigenvalue weighted by atomic mass is 9.86. The molecular formula is C30H47Cl2N7O6. The molecule has 5 aliphatic rings. The maximum atomic E-state index is 14.2. The van der Waals surface area contributed by atoms with E-state index in [2.05, 4.69) is 27.0 Å². The molecule has 0 bridgehead atoms. The number of halogens is 2. The lowest BCUT2D eigenvalue weighted by molar-refractivity contribution is -0.145. The van der Waals surface area contributed by atoms with Crippen molar-refractivity contribution in [1.29, 1.82) is 0 Å². The van der Waals surface area contributed by atoms with Crippen LogP contribution in [0.25, 0.3) is 0 Å². The van der Waals surface area contributed by atoms with Crippen molar-refractivity contribution in [1.82, 2.24) is 37.0 Å². The molecule has 0 spiro atoms. The summed E-state index contributed by atoms with van der Waals surface area (Å²) in [5.74, 6) is -2.11. The second-order valence-electron chi connectivity index (χ2n) is 14.1. The van der Waals surface area contributed by atoms with E-state index in [4.69, 9.17) is 27.9 Å². The summed E-state index contributed by atoms with van der Waals surface area (Å²) in [5.41, 5.74) is 7.70. The zero-order valence-corrected chi connectivity index (χ0v) is 27.7. The molecule has 0 aromatic rings. The maximum absolute atomic E-state index is 14.2. The van der Waals surface area contributed by atoms with Crippen LogP contribution in [0, 0.1) is 11.8 Å². The topological polar surface area (TPSA) is 164 Å². The van der Waals surface area contributed by atoms with E-state index in [0.29, 0.717) is 19.3 Å². The number of carboxylic acid groups (broad SMARTS) is 1. The van der Waals surface area contributed by atoms with Gasteiger partial charge in [0.05, 0.1) is 17.6 Å². The minimum atomic E-state index is -1.40. The third kappa shape index (κ3) is 8.05. The van der Waals surface area contributed by atoms with Crippen molar-refractivity contribution in [3.63, 3.8) is 0 Å². The Morgan fingerprint density at radius 3 is 2.58 bits per heavy atom. The van der Waals surface area contributed by atoms with Gasteiger partial charge in [-0.1, -0.05) is 25.0 Å². The van der Waals surface area contributed by atoms with Crippen molar-refractivity contribution in [3.8, 4) is 0 Å². The molecule has 3 amide bonds. The Morgan fingerprint density at radius 2 is 1.87 bits per heavy atom. The van der Waals surface area contributed by atoms with Crippen LogP contribution in [0.15, 0.2) is 12.2 Å². The summed E-state index contributed by atoms with van der Waals surface area (Å²) in [6.45, 7) is 5.42. The molecule has 2 saturated heterocycles. The van der Waals surface area contributed by atoms with Crippen LogP contribution in [-0.2, 0) is 19.1 Å². The van der Waals surface area contributed by atoms with Gasteiger partial charge in [-0.25, -0.2) is 20.4 Å². The average Bonchev–Trinajstić information content (AvgIpc) is 3.28. The number of allylic oxidation sites excluding steroid dienone is 1. The van der Waals surface area contributed by atoms with Gasteiger partial charge in [0.2, 0.25) is 11.8 Å². The lowest BCUT2D eigenvalue weighted by Gasteiger charge is -2.33. The van der Waals surface area contributed by atoms with Crippen molar-refractivity contribution in [2.75, 3.05) is 6.54 Å². The van der Waals surface area contributed by atoms with Crippen LogP contribution < -0.4 is 27.0 Å². The number of carboxylic acids is 1. The molecule has 2 saturated carbocycles. The van der Waals surface area contributed by atoms with Crippen molar-refractivity contribution < 1.29 is 29.0 Å². The number of amides is 3. The molecule has 252 valence electrons. The first kappa shape index (κ1) is 34.2. The van der Waals surface area contributed by atoms with Crippen LogP contribution in [0.3, 0.4) is 0 Å². The van der Waals surface area contributed by atoms with Gasteiger partial charge in [0.1, 0.15) is 23.2 Å². The van der Waals surface area contributed by atoms with Crippen LogP contribution >= 0.6 is 23.2 Å². The third-order valence-electron chi connectivity index (χ3n) is 9.52. The Morgan fingerprint density at radius 1 is 1.09 bits per heavy atom. The van der Waals surface area contributed by atoms with E-state index in [0.717, 1.165) is 38.5 Å². The van der Waals surface area contributed by atoms with Gasteiger partial charge in [-0.2, -0.15) is 10.7 Å². The highest BCUT2D eigenvalue weighted by Crippen LogP contribution is 2.45. The minimum absolute atomic E-state index is 0.0612. The summed E-state index contributed by atoms with van der Waals surface area (Å²) in [7, 11) is 0. The Kier molecular flexibility index (Phi) is 10.6. The number of nitrogens with one attached hydrogen (secondary N) is 5. The Hall–Kier alpha value is -2.16. The number of fused-ring (bicyclic) bond motifs is 2. The smallest absolute Gasteiger partial charge is 0.408 e. The predicted molar refractivity (Wildman–Crippen MR) is 168 cm³/mol. The fourth-order valence-corrected chi connectivity index (χ4v) is 7.48. The number of alkyl halides is 2. The molecule has 45 heavy (non-hydrogen) atoms. The van der Waals surface area contributed by atoms with E-state index >= 15 is 0 Å². The van der Waals surface area contributed by atoms with Gasteiger partial charge in [0.25, 0.3) is 0 Å². The molecule has 3 aliphatic heterocycles. The van der Waals surface area contributed by atoms with Crippen molar-refractivity contribution in [3.05, 3.63) is 12.2 Å². The van der Waals surface area contributed by atoms with E-state index in [1.807, 2.05) is 12.2 Å². The third-order valence-corrected chi connectivity index (χ3v) is 10.7. The number of hydrogen-bond donors (Lipinski definition) is 6. The standard InChI is InChI=1S/C30H47Cl2N7O6/c1-29(2,3)45-28(44)33-22-10-8-6-4-5-7-9-18-15-30(18,27(42)43)34-25(40)23-14-19(16-38(23)26(22)41)39-36-24(35-37-39)17-11-12-20(31)21(32)13-17/h7,9,17-24,35-37H,4-6,8,10-16H2,1-3H3,(H,33,44)(H,34,40)(H,42,43)/b9-7-/t17?,18-,19-,20?,21?,22+,23+,24?,30-/m1/s1. The van der Waals surface area contributed by atoms with Crippen molar-refractivity contribution >= 4 is 47.1 Å². The summed E-state index contributed by atoms with van der Waals surface area (Å²) in [5, 5.41) is 17.2. The van der Waals surface area contributed by atoms with Gasteiger partial charge in [-0.3, -0.25) is 9.59 Å². The lowest BCUT2D eigenvalue weighted by Crippen LogP contribution is -2.56. The first-order chi connectivity index (χ1) is 21.3. The van der Waals surface area contributed by atoms with E-state index in [1.165, 1.54) is 4.90 Å². The number of carbonyl (C=O) groups excluding carboxylic acids is 3. The largest absolute Gasteiger partial charge is 0.479 e. The van der Waals surface area contributed by atoms with Crippen LogP contribution in [0.1, 0.15) is 85.0 Å². The fraction of sp³-hybridized carbons (Fsp3) is 0.800. The Bertz CT molecular complexity index is 1170. The molecule has 13 nitrogen and oxygen atoms in total. The van der Waals surface area contributed by atoms with Crippen molar-refractivity contribution in [2.45, 2.75) is 131 Å². The number of aliphatic carboxylic acids is 1.